The normalized spacial score (nSPS) is 18.1. The number of aryl methyl sites for hydroxylation is 2. The first kappa shape index (κ1) is 27.9. The Labute approximate surface area is 251 Å². The van der Waals surface area contributed by atoms with Crippen molar-refractivity contribution in [3.63, 3.8) is 0 Å². The van der Waals surface area contributed by atoms with Gasteiger partial charge in [0.25, 0.3) is 0 Å². The lowest BCUT2D eigenvalue weighted by atomic mass is 9.86. The summed E-state index contributed by atoms with van der Waals surface area (Å²) in [5.41, 5.74) is 6.77. The molecule has 2 aliphatic rings. The molecule has 2 fully saturated rings. The number of nitrogens with zero attached hydrogens (tertiary/aromatic N) is 8. The number of rotatable bonds is 6. The maximum Gasteiger partial charge on any atom is 0.211 e. The Morgan fingerprint density at radius 1 is 1.00 bits per heavy atom. The second-order valence-corrected chi connectivity index (χ2v) is 13.6. The van der Waals surface area contributed by atoms with Gasteiger partial charge >= 0.3 is 0 Å². The van der Waals surface area contributed by atoms with Gasteiger partial charge in [-0.05, 0) is 49.4 Å². The molecule has 0 spiro atoms. The van der Waals surface area contributed by atoms with Crippen molar-refractivity contribution in [2.75, 3.05) is 50.5 Å². The summed E-state index contributed by atoms with van der Waals surface area (Å²) < 4.78 is 35.8. The number of hydrogen-bond donors (Lipinski definition) is 0. The predicted molar refractivity (Wildman–Crippen MR) is 167 cm³/mol. The van der Waals surface area contributed by atoms with E-state index in [9.17, 15) is 8.42 Å². The molecule has 0 aliphatic carbocycles. The number of anilines is 1. The highest BCUT2D eigenvalue weighted by molar-refractivity contribution is 7.88. The van der Waals surface area contributed by atoms with Crippen LogP contribution in [0.15, 0.2) is 54.7 Å². The van der Waals surface area contributed by atoms with Gasteiger partial charge in [-0.3, -0.25) is 4.98 Å². The van der Waals surface area contributed by atoms with Gasteiger partial charge in [0, 0.05) is 63.6 Å². The summed E-state index contributed by atoms with van der Waals surface area (Å²) in [6.45, 7) is 5.49. The fourth-order valence-electron chi connectivity index (χ4n) is 6.77. The van der Waals surface area contributed by atoms with Crippen LogP contribution in [0.25, 0.3) is 33.3 Å². The summed E-state index contributed by atoms with van der Waals surface area (Å²) >= 11 is 0. The van der Waals surface area contributed by atoms with Crippen molar-refractivity contribution in [1.29, 1.82) is 0 Å². The lowest BCUT2D eigenvalue weighted by Crippen LogP contribution is -2.48. The highest BCUT2D eigenvalue weighted by Crippen LogP contribution is 2.41. The van der Waals surface area contributed by atoms with Crippen LogP contribution in [0, 0.1) is 12.8 Å². The van der Waals surface area contributed by atoms with Crippen molar-refractivity contribution in [3.05, 3.63) is 66.0 Å². The van der Waals surface area contributed by atoms with Crippen LogP contribution in [0.1, 0.15) is 30.1 Å². The first-order chi connectivity index (χ1) is 20.8. The molecule has 0 radical (unpaired) electrons. The molecule has 0 bridgehead atoms. The summed E-state index contributed by atoms with van der Waals surface area (Å²) in [6.07, 6.45) is 5.08. The Bertz CT molecular complexity index is 1870. The van der Waals surface area contributed by atoms with Gasteiger partial charge in [-0.2, -0.15) is 4.31 Å². The Balaban J connectivity index is 1.44. The average Bonchev–Trinajstić information content (AvgIpc) is 3.53. The Morgan fingerprint density at radius 2 is 1.74 bits per heavy atom. The molecule has 0 unspecified atom stereocenters. The number of piperazine rings is 1. The molecule has 2 aliphatic heterocycles. The lowest BCUT2D eigenvalue weighted by molar-refractivity contribution is 0.0552. The molecule has 4 aromatic heterocycles. The number of pyridine rings is 2. The molecule has 0 N–H and O–H groups in total. The van der Waals surface area contributed by atoms with Gasteiger partial charge in [-0.1, -0.05) is 35.5 Å². The van der Waals surface area contributed by atoms with Crippen LogP contribution >= 0.6 is 0 Å². The Morgan fingerprint density at radius 3 is 2.42 bits per heavy atom. The van der Waals surface area contributed by atoms with Crippen molar-refractivity contribution in [3.8, 4) is 11.3 Å². The molecule has 12 heteroatoms. The zero-order valence-corrected chi connectivity index (χ0v) is 25.5. The minimum absolute atomic E-state index is 0.0257. The second kappa shape index (κ2) is 11.0. The van der Waals surface area contributed by atoms with Gasteiger partial charge < -0.3 is 14.2 Å². The third-order valence-electron chi connectivity index (χ3n) is 8.90. The number of aromatic nitrogens is 6. The molecule has 1 atom stereocenters. The molecule has 6 heterocycles. The molecule has 224 valence electrons. The number of ether oxygens (including phenoxy) is 1. The fourth-order valence-corrected chi connectivity index (χ4v) is 7.60. The van der Waals surface area contributed by atoms with Gasteiger partial charge in [0.2, 0.25) is 10.0 Å². The molecule has 0 amide bonds. The average molecular weight is 601 g/mol. The van der Waals surface area contributed by atoms with Gasteiger partial charge in [0.15, 0.2) is 0 Å². The van der Waals surface area contributed by atoms with E-state index in [1.54, 1.807) is 4.68 Å². The smallest absolute Gasteiger partial charge is 0.211 e. The summed E-state index contributed by atoms with van der Waals surface area (Å²) in [4.78, 5) is 12.5. The van der Waals surface area contributed by atoms with Crippen LogP contribution in [0.2, 0.25) is 0 Å². The quantitative estimate of drug-likeness (QED) is 0.290. The van der Waals surface area contributed by atoms with Crippen molar-refractivity contribution in [1.82, 2.24) is 33.8 Å². The monoisotopic (exact) mass is 600 g/mol. The van der Waals surface area contributed by atoms with E-state index in [0.29, 0.717) is 32.1 Å². The van der Waals surface area contributed by atoms with Crippen LogP contribution in [0.4, 0.5) is 5.82 Å². The SMILES string of the molecule is Cc1nnn(C)c1-c1cnc2c3ccc(N4CCN(S(C)(=O)=O)CC4)nc3n([C@H](c3ccccc3)C3CCOCC3)c2c1. The van der Waals surface area contributed by atoms with E-state index >= 15 is 0 Å². The fraction of sp³-hybridized carbons (Fsp3) is 0.419. The molecule has 7 rings (SSSR count). The standard InChI is InChI=1S/C31H36N8O3S/c1-21-29(36(2)35-34-21)24-19-26-28(32-20-24)25-9-10-27(37-13-15-38(16-14-37)43(3,40)41)33-31(25)39(26)30(22-7-5-4-6-8-22)23-11-17-42-18-12-23/h4-10,19-20,23,30H,11-18H2,1-3H3/t30-/m1/s1. The van der Waals surface area contributed by atoms with Gasteiger partial charge in [-0.25, -0.2) is 18.1 Å². The second-order valence-electron chi connectivity index (χ2n) is 11.6. The maximum atomic E-state index is 12.1. The summed E-state index contributed by atoms with van der Waals surface area (Å²) in [7, 11) is -1.32. The van der Waals surface area contributed by atoms with E-state index in [1.165, 1.54) is 16.1 Å². The van der Waals surface area contributed by atoms with E-state index in [0.717, 1.165) is 70.9 Å². The van der Waals surface area contributed by atoms with E-state index in [4.69, 9.17) is 14.7 Å². The van der Waals surface area contributed by atoms with Gasteiger partial charge in [-0.15, -0.1) is 5.10 Å². The zero-order chi connectivity index (χ0) is 29.7. The molecule has 5 aromatic rings. The van der Waals surface area contributed by atoms with Crippen LogP contribution < -0.4 is 4.90 Å². The van der Waals surface area contributed by atoms with E-state index in [-0.39, 0.29) is 6.04 Å². The highest BCUT2D eigenvalue weighted by Gasteiger charge is 2.32. The summed E-state index contributed by atoms with van der Waals surface area (Å²) in [5, 5.41) is 9.51. The molecule has 11 nitrogen and oxygen atoms in total. The molecular weight excluding hydrogens is 564 g/mol. The van der Waals surface area contributed by atoms with E-state index in [2.05, 4.69) is 62.2 Å². The van der Waals surface area contributed by atoms with Crippen molar-refractivity contribution < 1.29 is 13.2 Å². The topological polar surface area (TPSA) is 111 Å². The summed E-state index contributed by atoms with van der Waals surface area (Å²) in [5.74, 6) is 1.19. The van der Waals surface area contributed by atoms with E-state index in [1.807, 2.05) is 26.2 Å². The minimum Gasteiger partial charge on any atom is -0.381 e. The molecule has 0 saturated carbocycles. The van der Waals surface area contributed by atoms with E-state index < -0.39 is 10.0 Å². The predicted octanol–water partition coefficient (Wildman–Crippen LogP) is 3.79. The van der Waals surface area contributed by atoms with Gasteiger partial charge in [0.05, 0.1) is 34.7 Å². The highest BCUT2D eigenvalue weighted by atomic mass is 32.2. The number of benzene rings is 1. The maximum absolute atomic E-state index is 12.1. The van der Waals surface area contributed by atoms with Gasteiger partial charge in [0.1, 0.15) is 11.5 Å². The third kappa shape index (κ3) is 5.07. The number of hydrogen-bond acceptors (Lipinski definition) is 8. The minimum atomic E-state index is -3.22. The van der Waals surface area contributed by atoms with Crippen LogP contribution in [-0.4, -0.2) is 87.9 Å². The number of fused-ring (bicyclic) bond motifs is 3. The molecule has 2 saturated heterocycles. The molecular formula is C31H36N8O3S. The van der Waals surface area contributed by atoms with Crippen molar-refractivity contribution in [2.24, 2.45) is 13.0 Å². The van der Waals surface area contributed by atoms with Crippen molar-refractivity contribution >= 4 is 37.9 Å². The summed E-state index contributed by atoms with van der Waals surface area (Å²) in [6, 6.07) is 17.1. The lowest BCUT2D eigenvalue weighted by Gasteiger charge is -2.34. The van der Waals surface area contributed by atoms with Crippen molar-refractivity contribution in [2.45, 2.75) is 25.8 Å². The molecule has 43 heavy (non-hydrogen) atoms. The van der Waals surface area contributed by atoms with Crippen LogP contribution in [0.3, 0.4) is 0 Å². The molecule has 1 aromatic carbocycles. The zero-order valence-electron chi connectivity index (χ0n) is 24.7. The Hall–Kier alpha value is -3.87. The number of sulfonamides is 1. The van der Waals surface area contributed by atoms with Crippen LogP contribution in [0.5, 0.6) is 0 Å². The largest absolute Gasteiger partial charge is 0.381 e. The first-order valence-corrected chi connectivity index (χ1v) is 16.6. The third-order valence-corrected chi connectivity index (χ3v) is 10.2. The Kier molecular flexibility index (Phi) is 7.15. The van der Waals surface area contributed by atoms with Crippen LogP contribution in [-0.2, 0) is 21.8 Å². The first-order valence-electron chi connectivity index (χ1n) is 14.8.